The topological polar surface area (TPSA) is 87.2 Å². The Kier molecular flexibility index (Phi) is 4.11. The molecular weight excluding hydrogens is 286 g/mol. The molecule has 1 saturated heterocycles. The molecule has 1 heterocycles. The number of sulfonamides is 1. The van der Waals surface area contributed by atoms with E-state index in [0.29, 0.717) is 11.6 Å². The molecule has 1 aromatic rings. The highest BCUT2D eigenvalue weighted by Crippen LogP contribution is 2.29. The molecule has 0 spiro atoms. The van der Waals surface area contributed by atoms with E-state index >= 15 is 0 Å². The van der Waals surface area contributed by atoms with Crippen molar-refractivity contribution in [3.05, 3.63) is 28.8 Å². The van der Waals surface area contributed by atoms with E-state index in [1.165, 1.54) is 22.5 Å². The van der Waals surface area contributed by atoms with Crippen LogP contribution in [0.3, 0.4) is 0 Å². The van der Waals surface area contributed by atoms with E-state index in [4.69, 9.17) is 22.6 Å². The largest absolute Gasteiger partial charge is 0.329 e. The summed E-state index contributed by atoms with van der Waals surface area (Å²) in [6.07, 6.45) is 1.53. The summed E-state index contributed by atoms with van der Waals surface area (Å²) >= 11 is 5.84. The molecule has 1 aliphatic heterocycles. The standard InChI is InChI=1S/C12H14ClN3O2S/c13-10-4-3-9(7-14)12(6-10)19(17,18)16-5-1-2-11(16)8-15/h3-4,6,11H,1-2,5,8,15H2. The van der Waals surface area contributed by atoms with Crippen molar-refractivity contribution in [1.29, 1.82) is 5.26 Å². The van der Waals surface area contributed by atoms with Gasteiger partial charge in [-0.2, -0.15) is 9.57 Å². The number of hydrogen-bond donors (Lipinski definition) is 1. The van der Waals surface area contributed by atoms with Crippen molar-refractivity contribution in [2.75, 3.05) is 13.1 Å². The summed E-state index contributed by atoms with van der Waals surface area (Å²) in [5.74, 6) is 0. The maximum atomic E-state index is 12.6. The molecule has 0 amide bonds. The normalized spacial score (nSPS) is 20.4. The maximum absolute atomic E-state index is 12.6. The molecule has 0 aromatic heterocycles. The molecular formula is C12H14ClN3O2S. The molecule has 0 saturated carbocycles. The SMILES string of the molecule is N#Cc1ccc(Cl)cc1S(=O)(=O)N1CCCC1CN. The lowest BCUT2D eigenvalue weighted by molar-refractivity contribution is 0.393. The maximum Gasteiger partial charge on any atom is 0.244 e. The van der Waals surface area contributed by atoms with Crippen LogP contribution in [0.25, 0.3) is 0 Å². The molecule has 1 aliphatic rings. The molecule has 102 valence electrons. The van der Waals surface area contributed by atoms with E-state index in [-0.39, 0.29) is 23.0 Å². The smallest absolute Gasteiger partial charge is 0.244 e. The molecule has 2 rings (SSSR count). The number of rotatable bonds is 3. The average molecular weight is 300 g/mol. The fourth-order valence-electron chi connectivity index (χ4n) is 2.29. The lowest BCUT2D eigenvalue weighted by Gasteiger charge is -2.23. The van der Waals surface area contributed by atoms with Gasteiger partial charge in [-0.15, -0.1) is 0 Å². The molecule has 5 nitrogen and oxygen atoms in total. The third-order valence-electron chi connectivity index (χ3n) is 3.25. The summed E-state index contributed by atoms with van der Waals surface area (Å²) < 4.78 is 26.6. The lowest BCUT2D eigenvalue weighted by atomic mass is 10.2. The third-order valence-corrected chi connectivity index (χ3v) is 5.47. The highest BCUT2D eigenvalue weighted by molar-refractivity contribution is 7.89. The first-order valence-corrected chi connectivity index (χ1v) is 7.74. The van der Waals surface area contributed by atoms with Gasteiger partial charge in [-0.05, 0) is 31.0 Å². The Labute approximate surface area is 117 Å². The summed E-state index contributed by atoms with van der Waals surface area (Å²) in [7, 11) is -3.72. The number of hydrogen-bond acceptors (Lipinski definition) is 4. The molecule has 7 heteroatoms. The molecule has 0 bridgehead atoms. The second-order valence-electron chi connectivity index (χ2n) is 4.40. The van der Waals surface area contributed by atoms with Crippen LogP contribution >= 0.6 is 11.6 Å². The summed E-state index contributed by atoms with van der Waals surface area (Å²) in [4.78, 5) is -0.0390. The summed E-state index contributed by atoms with van der Waals surface area (Å²) in [6, 6.07) is 5.93. The van der Waals surface area contributed by atoms with Gasteiger partial charge in [-0.1, -0.05) is 11.6 Å². The quantitative estimate of drug-likeness (QED) is 0.912. The Morgan fingerprint density at radius 1 is 1.53 bits per heavy atom. The van der Waals surface area contributed by atoms with Crippen molar-refractivity contribution in [3.63, 3.8) is 0 Å². The van der Waals surface area contributed by atoms with Crippen LogP contribution in [0.2, 0.25) is 5.02 Å². The highest BCUT2D eigenvalue weighted by atomic mass is 35.5. The Hall–Kier alpha value is -1.13. The Morgan fingerprint density at radius 3 is 2.89 bits per heavy atom. The number of nitrogens with two attached hydrogens (primary N) is 1. The first-order valence-electron chi connectivity index (χ1n) is 5.92. The van der Waals surface area contributed by atoms with Crippen LogP contribution in [-0.2, 0) is 10.0 Å². The van der Waals surface area contributed by atoms with Crippen molar-refractivity contribution in [1.82, 2.24) is 4.31 Å². The van der Waals surface area contributed by atoms with Crippen LogP contribution in [0.5, 0.6) is 0 Å². The van der Waals surface area contributed by atoms with Crippen LogP contribution in [0.1, 0.15) is 18.4 Å². The average Bonchev–Trinajstić information content (AvgIpc) is 2.87. The molecule has 0 radical (unpaired) electrons. The second-order valence-corrected chi connectivity index (χ2v) is 6.70. The van der Waals surface area contributed by atoms with Gasteiger partial charge in [0, 0.05) is 24.2 Å². The van der Waals surface area contributed by atoms with E-state index in [9.17, 15) is 8.42 Å². The number of benzene rings is 1. The molecule has 0 aliphatic carbocycles. The van der Waals surface area contributed by atoms with Crippen LogP contribution in [0.15, 0.2) is 23.1 Å². The van der Waals surface area contributed by atoms with Gasteiger partial charge in [0.2, 0.25) is 10.0 Å². The fraction of sp³-hybridized carbons (Fsp3) is 0.417. The van der Waals surface area contributed by atoms with Gasteiger partial charge in [0.1, 0.15) is 11.0 Å². The molecule has 1 fully saturated rings. The van der Waals surface area contributed by atoms with Gasteiger partial charge in [-0.3, -0.25) is 0 Å². The van der Waals surface area contributed by atoms with Gasteiger partial charge >= 0.3 is 0 Å². The minimum absolute atomic E-state index is 0.0390. The first-order chi connectivity index (χ1) is 9.00. The molecule has 1 atom stereocenters. The van der Waals surface area contributed by atoms with E-state index in [1.807, 2.05) is 6.07 Å². The zero-order valence-corrected chi connectivity index (χ0v) is 11.8. The summed E-state index contributed by atoms with van der Waals surface area (Å²) in [6.45, 7) is 0.712. The van der Waals surface area contributed by atoms with Crippen LogP contribution in [-0.4, -0.2) is 31.9 Å². The van der Waals surface area contributed by atoms with Crippen LogP contribution in [0.4, 0.5) is 0 Å². The first kappa shape index (κ1) is 14.3. The highest BCUT2D eigenvalue weighted by Gasteiger charge is 2.35. The molecule has 1 aromatic carbocycles. The van der Waals surface area contributed by atoms with Crippen molar-refractivity contribution < 1.29 is 8.42 Å². The van der Waals surface area contributed by atoms with E-state index in [0.717, 1.165) is 12.8 Å². The van der Waals surface area contributed by atoms with Crippen LogP contribution < -0.4 is 5.73 Å². The van der Waals surface area contributed by atoms with Gasteiger partial charge < -0.3 is 5.73 Å². The van der Waals surface area contributed by atoms with Crippen molar-refractivity contribution in [2.24, 2.45) is 5.73 Å². The Bertz CT molecular complexity index is 624. The minimum atomic E-state index is -3.72. The molecule has 19 heavy (non-hydrogen) atoms. The Morgan fingerprint density at radius 2 is 2.26 bits per heavy atom. The van der Waals surface area contributed by atoms with Crippen LogP contribution in [0, 0.1) is 11.3 Å². The predicted octanol–water partition coefficient (Wildman–Crippen LogP) is 1.32. The number of halogens is 1. The predicted molar refractivity (Wildman–Crippen MR) is 72.1 cm³/mol. The van der Waals surface area contributed by atoms with Gasteiger partial charge in [-0.25, -0.2) is 8.42 Å². The fourth-order valence-corrected chi connectivity index (χ4v) is 4.40. The van der Waals surface area contributed by atoms with Gasteiger partial charge in [0.25, 0.3) is 0 Å². The number of nitriles is 1. The monoisotopic (exact) mass is 299 g/mol. The molecule has 2 N–H and O–H groups in total. The van der Waals surface area contributed by atoms with Crippen molar-refractivity contribution >= 4 is 21.6 Å². The Balaban J connectivity index is 2.51. The second kappa shape index (κ2) is 5.47. The molecule has 1 unspecified atom stereocenters. The summed E-state index contributed by atoms with van der Waals surface area (Å²) in [5, 5.41) is 9.33. The third kappa shape index (κ3) is 2.60. The van der Waals surface area contributed by atoms with Gasteiger partial charge in [0.05, 0.1) is 5.56 Å². The van der Waals surface area contributed by atoms with Crippen molar-refractivity contribution in [2.45, 2.75) is 23.8 Å². The van der Waals surface area contributed by atoms with Crippen molar-refractivity contribution in [3.8, 4) is 6.07 Å². The van der Waals surface area contributed by atoms with Gasteiger partial charge in [0.15, 0.2) is 0 Å². The van der Waals surface area contributed by atoms with E-state index in [1.54, 1.807) is 0 Å². The van der Waals surface area contributed by atoms with E-state index in [2.05, 4.69) is 0 Å². The zero-order valence-electron chi connectivity index (χ0n) is 10.2. The van der Waals surface area contributed by atoms with E-state index < -0.39 is 10.0 Å². The zero-order chi connectivity index (χ0) is 14.0. The minimum Gasteiger partial charge on any atom is -0.329 e. The number of nitrogens with zero attached hydrogens (tertiary/aromatic N) is 2. The summed E-state index contributed by atoms with van der Waals surface area (Å²) in [5.41, 5.74) is 5.71. The lowest BCUT2D eigenvalue weighted by Crippen LogP contribution is -2.40.